The number of carbonyl (C=O) groups is 1. The lowest BCUT2D eigenvalue weighted by Gasteiger charge is -2.13. The first-order valence-corrected chi connectivity index (χ1v) is 14.8. The summed E-state index contributed by atoms with van der Waals surface area (Å²) in [5.41, 5.74) is 10.0. The van der Waals surface area contributed by atoms with E-state index in [4.69, 9.17) is 9.47 Å². The monoisotopic (exact) mass is 640 g/mol. The zero-order chi connectivity index (χ0) is 29.5. The predicted octanol–water partition coefficient (Wildman–Crippen LogP) is 8.28. The van der Waals surface area contributed by atoms with Crippen LogP contribution in [0.25, 0.3) is 11.3 Å². The summed E-state index contributed by atoms with van der Waals surface area (Å²) >= 11 is 5.09. The molecule has 7 nitrogen and oxygen atoms in total. The molecule has 0 spiro atoms. The minimum Gasteiger partial charge on any atom is -0.493 e. The average molecular weight is 642 g/mol. The summed E-state index contributed by atoms with van der Waals surface area (Å²) in [7, 11) is 1.58. The van der Waals surface area contributed by atoms with Gasteiger partial charge in [-0.1, -0.05) is 59.7 Å². The van der Waals surface area contributed by atoms with Crippen LogP contribution < -0.4 is 20.2 Å². The molecule has 2 N–H and O–H groups in total. The van der Waals surface area contributed by atoms with Gasteiger partial charge in [0.15, 0.2) is 16.6 Å². The highest BCUT2D eigenvalue weighted by molar-refractivity contribution is 9.10. The molecule has 0 aliphatic heterocycles. The van der Waals surface area contributed by atoms with E-state index < -0.39 is 0 Å². The molecule has 9 heteroatoms. The van der Waals surface area contributed by atoms with E-state index >= 15 is 0 Å². The van der Waals surface area contributed by atoms with E-state index in [-0.39, 0.29) is 5.91 Å². The van der Waals surface area contributed by atoms with Gasteiger partial charge in [0.1, 0.15) is 6.61 Å². The van der Waals surface area contributed by atoms with Crippen molar-refractivity contribution in [3.63, 3.8) is 0 Å². The lowest BCUT2D eigenvalue weighted by Crippen LogP contribution is -2.17. The number of carbonyl (C=O) groups excluding carboxylic acids is 1. The number of nitrogens with one attached hydrogen (secondary N) is 2. The third kappa shape index (κ3) is 7.43. The van der Waals surface area contributed by atoms with E-state index in [1.54, 1.807) is 31.5 Å². The number of thiazole rings is 1. The highest BCUT2D eigenvalue weighted by Crippen LogP contribution is 2.37. The van der Waals surface area contributed by atoms with Crippen molar-refractivity contribution in [2.45, 2.75) is 20.5 Å². The van der Waals surface area contributed by atoms with Crippen LogP contribution in [0, 0.1) is 13.8 Å². The maximum Gasteiger partial charge on any atom is 0.271 e. The van der Waals surface area contributed by atoms with Crippen LogP contribution in [0.15, 0.2) is 99.9 Å². The van der Waals surface area contributed by atoms with Crippen molar-refractivity contribution in [3.05, 3.63) is 123 Å². The molecule has 0 unspecified atom stereocenters. The second kappa shape index (κ2) is 13.5. The molecule has 0 saturated heterocycles. The van der Waals surface area contributed by atoms with Crippen molar-refractivity contribution >= 4 is 50.2 Å². The zero-order valence-electron chi connectivity index (χ0n) is 23.4. The Hall–Kier alpha value is -4.47. The number of methoxy groups -OCH3 is 1. The lowest BCUT2D eigenvalue weighted by molar-refractivity contribution is 0.0955. The summed E-state index contributed by atoms with van der Waals surface area (Å²) in [6, 6.07) is 27.3. The number of nitrogens with zero attached hydrogens (tertiary/aromatic N) is 2. The number of halogens is 1. The van der Waals surface area contributed by atoms with Gasteiger partial charge in [-0.3, -0.25) is 4.79 Å². The fourth-order valence-corrected chi connectivity index (χ4v) is 5.35. The third-order valence-electron chi connectivity index (χ3n) is 6.39. The molecule has 212 valence electrons. The fraction of sp³-hybridized carbons (Fsp3) is 0.121. The molecule has 1 amide bonds. The van der Waals surface area contributed by atoms with Gasteiger partial charge in [-0.25, -0.2) is 10.4 Å². The van der Waals surface area contributed by atoms with Gasteiger partial charge < -0.3 is 14.8 Å². The van der Waals surface area contributed by atoms with E-state index in [9.17, 15) is 4.79 Å². The molecule has 1 heterocycles. The second-order valence-electron chi connectivity index (χ2n) is 9.61. The summed E-state index contributed by atoms with van der Waals surface area (Å²) in [4.78, 5) is 17.4. The van der Waals surface area contributed by atoms with Crippen molar-refractivity contribution in [1.82, 2.24) is 10.4 Å². The van der Waals surface area contributed by atoms with Gasteiger partial charge in [0.05, 0.1) is 23.5 Å². The summed E-state index contributed by atoms with van der Waals surface area (Å²) in [5.74, 6) is 0.832. The minimum absolute atomic E-state index is 0.318. The molecule has 0 aliphatic carbocycles. The summed E-state index contributed by atoms with van der Waals surface area (Å²) in [6.45, 7) is 4.51. The van der Waals surface area contributed by atoms with Gasteiger partial charge in [-0.15, -0.1) is 11.3 Å². The quantitative estimate of drug-likeness (QED) is 0.118. The molecule has 42 heavy (non-hydrogen) atoms. The molecule has 0 atom stereocenters. The molecular formula is C33H29BrN4O3S. The van der Waals surface area contributed by atoms with Crippen LogP contribution in [0.1, 0.15) is 32.6 Å². The topological polar surface area (TPSA) is 84.8 Å². The zero-order valence-corrected chi connectivity index (χ0v) is 25.8. The first-order chi connectivity index (χ1) is 20.4. The third-order valence-corrected chi connectivity index (χ3v) is 7.73. The Morgan fingerprint density at radius 3 is 2.36 bits per heavy atom. The predicted molar refractivity (Wildman–Crippen MR) is 173 cm³/mol. The van der Waals surface area contributed by atoms with E-state index in [2.05, 4.69) is 67.9 Å². The number of aryl methyl sites for hydroxylation is 2. The van der Waals surface area contributed by atoms with Crippen molar-refractivity contribution < 1.29 is 14.3 Å². The largest absolute Gasteiger partial charge is 0.493 e. The second-order valence-corrected chi connectivity index (χ2v) is 11.3. The summed E-state index contributed by atoms with van der Waals surface area (Å²) < 4.78 is 12.3. The number of ether oxygens (including phenoxy) is 2. The summed E-state index contributed by atoms with van der Waals surface area (Å²) in [5, 5.41) is 10.3. The SMILES string of the molecule is COc1cc(/C=N\NC(=O)c2ccc(-c3csc(Nc4ccc(C)cc4)n3)cc2)cc(Br)c1OCc1ccc(C)cc1. The lowest BCUT2D eigenvalue weighted by atomic mass is 10.1. The van der Waals surface area contributed by atoms with Crippen LogP contribution in [-0.2, 0) is 6.61 Å². The van der Waals surface area contributed by atoms with E-state index in [1.165, 1.54) is 22.5 Å². The van der Waals surface area contributed by atoms with Gasteiger partial charge in [-0.05, 0) is 77.3 Å². The van der Waals surface area contributed by atoms with Crippen molar-refractivity contribution in [2.24, 2.45) is 5.10 Å². The van der Waals surface area contributed by atoms with E-state index in [1.807, 2.05) is 54.8 Å². The number of benzene rings is 4. The van der Waals surface area contributed by atoms with E-state index in [0.717, 1.165) is 37.7 Å². The number of rotatable bonds is 10. The Morgan fingerprint density at radius 2 is 1.67 bits per heavy atom. The van der Waals surface area contributed by atoms with Crippen LogP contribution in [0.4, 0.5) is 10.8 Å². The smallest absolute Gasteiger partial charge is 0.271 e. The molecule has 0 fully saturated rings. The first-order valence-electron chi connectivity index (χ1n) is 13.2. The molecule has 0 aliphatic rings. The van der Waals surface area contributed by atoms with Crippen LogP contribution in [0.2, 0.25) is 0 Å². The van der Waals surface area contributed by atoms with Crippen molar-refractivity contribution in [2.75, 3.05) is 12.4 Å². The van der Waals surface area contributed by atoms with Gasteiger partial charge in [-0.2, -0.15) is 5.10 Å². The number of hydrazone groups is 1. The molecule has 5 rings (SSSR count). The molecule has 4 aromatic carbocycles. The number of amides is 1. The maximum atomic E-state index is 12.7. The van der Waals surface area contributed by atoms with Gasteiger partial charge in [0, 0.05) is 22.2 Å². The van der Waals surface area contributed by atoms with Crippen LogP contribution in [0.3, 0.4) is 0 Å². The fourth-order valence-electron chi connectivity index (χ4n) is 4.04. The van der Waals surface area contributed by atoms with E-state index in [0.29, 0.717) is 23.7 Å². The molecule has 0 radical (unpaired) electrons. The first kappa shape index (κ1) is 29.0. The highest BCUT2D eigenvalue weighted by atomic mass is 79.9. The van der Waals surface area contributed by atoms with Crippen LogP contribution >= 0.6 is 27.3 Å². The summed E-state index contributed by atoms with van der Waals surface area (Å²) in [6.07, 6.45) is 1.56. The molecule has 0 saturated carbocycles. The Bertz CT molecular complexity index is 1700. The standard InChI is InChI=1S/C33H29BrN4O3S/c1-21-4-8-23(9-5-21)19-41-31-28(34)16-24(17-30(31)40-3)18-35-38-32(39)26-12-10-25(11-13-26)29-20-42-33(37-29)36-27-14-6-22(2)7-15-27/h4-18,20H,19H2,1-3H3,(H,36,37)(H,38,39)/b35-18-. The number of hydrogen-bond donors (Lipinski definition) is 2. The van der Waals surface area contributed by atoms with Gasteiger partial charge in [0.25, 0.3) is 5.91 Å². The van der Waals surface area contributed by atoms with Crippen LogP contribution in [-0.4, -0.2) is 24.2 Å². The average Bonchev–Trinajstić information content (AvgIpc) is 3.47. The molecular weight excluding hydrogens is 612 g/mol. The Balaban J connectivity index is 1.18. The Kier molecular flexibility index (Phi) is 9.31. The van der Waals surface area contributed by atoms with Gasteiger partial charge in [0.2, 0.25) is 0 Å². The highest BCUT2D eigenvalue weighted by Gasteiger charge is 2.12. The molecule has 0 bridgehead atoms. The van der Waals surface area contributed by atoms with Crippen molar-refractivity contribution in [1.29, 1.82) is 0 Å². The Morgan fingerprint density at radius 1 is 0.976 bits per heavy atom. The van der Waals surface area contributed by atoms with Gasteiger partial charge >= 0.3 is 0 Å². The molecule has 1 aromatic heterocycles. The Labute approximate surface area is 257 Å². The number of aromatic nitrogens is 1. The molecule has 5 aromatic rings. The van der Waals surface area contributed by atoms with Crippen molar-refractivity contribution in [3.8, 4) is 22.8 Å². The maximum absolute atomic E-state index is 12.7. The van der Waals surface area contributed by atoms with Crippen LogP contribution in [0.5, 0.6) is 11.5 Å². The normalized spacial score (nSPS) is 11.0. The minimum atomic E-state index is -0.318. The number of hydrogen-bond acceptors (Lipinski definition) is 7. The number of anilines is 2.